The van der Waals surface area contributed by atoms with E-state index in [9.17, 15) is 0 Å². The summed E-state index contributed by atoms with van der Waals surface area (Å²) in [4.78, 5) is 0. The first-order chi connectivity index (χ1) is 6.33. The summed E-state index contributed by atoms with van der Waals surface area (Å²) in [6.07, 6.45) is 10.8. The van der Waals surface area contributed by atoms with Gasteiger partial charge in [-0.2, -0.15) is 0 Å². The highest BCUT2D eigenvalue weighted by atomic mass is 16.5. The Morgan fingerprint density at radius 1 is 1.46 bits per heavy atom. The molecule has 1 atom stereocenters. The number of hydrogen-bond acceptors (Lipinski definition) is 1. The maximum absolute atomic E-state index is 5.43. The molecule has 0 heterocycles. The summed E-state index contributed by atoms with van der Waals surface area (Å²) in [5.74, 6) is 1.63. The van der Waals surface area contributed by atoms with Gasteiger partial charge in [-0.1, -0.05) is 33.1 Å². The molecule has 13 heavy (non-hydrogen) atoms. The van der Waals surface area contributed by atoms with Crippen molar-refractivity contribution in [2.45, 2.75) is 46.0 Å². The monoisotopic (exact) mass is 182 g/mol. The minimum absolute atomic E-state index is 0.656. The molecule has 0 aromatic rings. The zero-order valence-electron chi connectivity index (χ0n) is 8.96. The second-order valence-electron chi connectivity index (χ2n) is 4.17. The van der Waals surface area contributed by atoms with Crippen LogP contribution in [0.2, 0.25) is 0 Å². The highest BCUT2D eigenvalue weighted by Crippen LogP contribution is 2.29. The summed E-state index contributed by atoms with van der Waals surface area (Å²) >= 11 is 0. The normalized spacial score (nSPS) is 20.2. The Kier molecular flexibility index (Phi) is 4.95. The minimum atomic E-state index is 0.656. The second kappa shape index (κ2) is 6.06. The van der Waals surface area contributed by atoms with Gasteiger partial charge in [0.1, 0.15) is 0 Å². The van der Waals surface area contributed by atoms with Gasteiger partial charge in [0.05, 0.1) is 12.9 Å². The molecule has 0 bridgehead atoms. The summed E-state index contributed by atoms with van der Waals surface area (Å²) in [6.45, 7) is 5.33. The van der Waals surface area contributed by atoms with Crippen LogP contribution in [0.4, 0.5) is 0 Å². The molecule has 1 aliphatic rings. The molecule has 0 N–H and O–H groups in total. The molecule has 1 fully saturated rings. The van der Waals surface area contributed by atoms with Gasteiger partial charge in [-0.15, -0.1) is 0 Å². The average Bonchev–Trinajstić information content (AvgIpc) is 2.07. The topological polar surface area (TPSA) is 9.23 Å². The lowest BCUT2D eigenvalue weighted by atomic mass is 9.83. The molecule has 0 radical (unpaired) electrons. The SMILES string of the molecule is CCC(C)C=COCCC1CCC1. The zero-order valence-corrected chi connectivity index (χ0v) is 8.96. The molecule has 1 nitrogen and oxygen atoms in total. The van der Waals surface area contributed by atoms with Crippen molar-refractivity contribution in [3.63, 3.8) is 0 Å². The van der Waals surface area contributed by atoms with E-state index < -0.39 is 0 Å². The van der Waals surface area contributed by atoms with Crippen molar-refractivity contribution in [3.8, 4) is 0 Å². The molecular weight excluding hydrogens is 160 g/mol. The van der Waals surface area contributed by atoms with Crippen LogP contribution in [0.3, 0.4) is 0 Å². The molecule has 1 saturated carbocycles. The number of hydrogen-bond donors (Lipinski definition) is 0. The van der Waals surface area contributed by atoms with Crippen LogP contribution in [-0.2, 0) is 4.74 Å². The van der Waals surface area contributed by atoms with Crippen molar-refractivity contribution in [3.05, 3.63) is 12.3 Å². The van der Waals surface area contributed by atoms with E-state index in [1.54, 1.807) is 0 Å². The van der Waals surface area contributed by atoms with Gasteiger partial charge in [0.25, 0.3) is 0 Å². The third-order valence-corrected chi connectivity index (χ3v) is 3.02. The van der Waals surface area contributed by atoms with Crippen molar-refractivity contribution < 1.29 is 4.74 Å². The van der Waals surface area contributed by atoms with E-state index in [-0.39, 0.29) is 0 Å². The molecular formula is C12H22O. The molecule has 1 aliphatic carbocycles. The Bertz CT molecular complexity index is 147. The molecule has 0 aliphatic heterocycles. The van der Waals surface area contributed by atoms with Gasteiger partial charge in [-0.25, -0.2) is 0 Å². The molecule has 0 amide bonds. The summed E-state index contributed by atoms with van der Waals surface area (Å²) in [6, 6.07) is 0. The van der Waals surface area contributed by atoms with Crippen LogP contribution in [0.15, 0.2) is 12.3 Å². The van der Waals surface area contributed by atoms with E-state index in [0.29, 0.717) is 5.92 Å². The molecule has 1 heteroatoms. The molecule has 0 aromatic carbocycles. The number of allylic oxidation sites excluding steroid dienone is 1. The first-order valence-electron chi connectivity index (χ1n) is 5.61. The molecule has 0 spiro atoms. The Labute approximate surface area is 82.2 Å². The van der Waals surface area contributed by atoms with E-state index in [1.165, 1.54) is 32.1 Å². The Balaban J connectivity index is 1.90. The van der Waals surface area contributed by atoms with Crippen LogP contribution in [0, 0.1) is 11.8 Å². The van der Waals surface area contributed by atoms with Crippen molar-refractivity contribution in [1.29, 1.82) is 0 Å². The van der Waals surface area contributed by atoms with Crippen LogP contribution in [0.5, 0.6) is 0 Å². The lowest BCUT2D eigenvalue weighted by molar-refractivity contribution is 0.185. The lowest BCUT2D eigenvalue weighted by Crippen LogP contribution is -2.12. The predicted octanol–water partition coefficient (Wildman–Crippen LogP) is 3.75. The lowest BCUT2D eigenvalue weighted by Gasteiger charge is -2.24. The molecule has 76 valence electrons. The van der Waals surface area contributed by atoms with E-state index in [0.717, 1.165) is 12.5 Å². The van der Waals surface area contributed by atoms with Crippen molar-refractivity contribution in [1.82, 2.24) is 0 Å². The fourth-order valence-electron chi connectivity index (χ4n) is 1.41. The molecule has 1 rings (SSSR count). The van der Waals surface area contributed by atoms with Crippen LogP contribution in [0.25, 0.3) is 0 Å². The fourth-order valence-corrected chi connectivity index (χ4v) is 1.41. The van der Waals surface area contributed by atoms with Gasteiger partial charge in [-0.05, 0) is 30.8 Å². The smallest absolute Gasteiger partial charge is 0.0875 e. The van der Waals surface area contributed by atoms with Crippen LogP contribution in [0.1, 0.15) is 46.0 Å². The third kappa shape index (κ3) is 4.35. The zero-order chi connectivity index (χ0) is 9.52. The quantitative estimate of drug-likeness (QED) is 0.449. The van der Waals surface area contributed by atoms with Crippen LogP contribution >= 0.6 is 0 Å². The van der Waals surface area contributed by atoms with Gasteiger partial charge in [0.2, 0.25) is 0 Å². The highest BCUT2D eigenvalue weighted by molar-refractivity contribution is 4.79. The van der Waals surface area contributed by atoms with Gasteiger partial charge >= 0.3 is 0 Å². The van der Waals surface area contributed by atoms with E-state index in [2.05, 4.69) is 19.9 Å². The summed E-state index contributed by atoms with van der Waals surface area (Å²) in [7, 11) is 0. The standard InChI is InChI=1S/C12H22O/c1-3-11(2)7-9-13-10-8-12-5-4-6-12/h7,9,11-12H,3-6,8,10H2,1-2H3. The largest absolute Gasteiger partial charge is 0.502 e. The Morgan fingerprint density at radius 3 is 2.77 bits per heavy atom. The van der Waals surface area contributed by atoms with Gasteiger partial charge < -0.3 is 4.74 Å². The van der Waals surface area contributed by atoms with Crippen molar-refractivity contribution in [2.24, 2.45) is 11.8 Å². The second-order valence-corrected chi connectivity index (χ2v) is 4.17. The van der Waals surface area contributed by atoms with E-state index in [4.69, 9.17) is 4.74 Å². The average molecular weight is 182 g/mol. The minimum Gasteiger partial charge on any atom is -0.502 e. The van der Waals surface area contributed by atoms with Crippen molar-refractivity contribution >= 4 is 0 Å². The summed E-state index contributed by atoms with van der Waals surface area (Å²) in [5, 5.41) is 0. The fraction of sp³-hybridized carbons (Fsp3) is 0.833. The first-order valence-corrected chi connectivity index (χ1v) is 5.61. The van der Waals surface area contributed by atoms with E-state index >= 15 is 0 Å². The molecule has 0 saturated heterocycles. The predicted molar refractivity (Wildman–Crippen MR) is 56.5 cm³/mol. The first kappa shape index (κ1) is 10.6. The molecule has 1 unspecified atom stereocenters. The van der Waals surface area contributed by atoms with Gasteiger partial charge in [0.15, 0.2) is 0 Å². The van der Waals surface area contributed by atoms with Crippen molar-refractivity contribution in [2.75, 3.05) is 6.61 Å². The van der Waals surface area contributed by atoms with Gasteiger partial charge in [0, 0.05) is 0 Å². The summed E-state index contributed by atoms with van der Waals surface area (Å²) < 4.78 is 5.43. The maximum atomic E-state index is 5.43. The number of ether oxygens (including phenoxy) is 1. The third-order valence-electron chi connectivity index (χ3n) is 3.02. The number of rotatable bonds is 6. The maximum Gasteiger partial charge on any atom is 0.0875 e. The van der Waals surface area contributed by atoms with Crippen LogP contribution < -0.4 is 0 Å². The Hall–Kier alpha value is -0.460. The van der Waals surface area contributed by atoms with Crippen LogP contribution in [-0.4, -0.2) is 6.61 Å². The van der Waals surface area contributed by atoms with E-state index in [1.807, 2.05) is 6.26 Å². The highest BCUT2D eigenvalue weighted by Gasteiger charge is 2.16. The Morgan fingerprint density at radius 2 is 2.23 bits per heavy atom. The van der Waals surface area contributed by atoms with Gasteiger partial charge in [-0.3, -0.25) is 0 Å². The summed E-state index contributed by atoms with van der Waals surface area (Å²) in [5.41, 5.74) is 0. The molecule has 0 aromatic heterocycles.